The van der Waals surface area contributed by atoms with Crippen LogP contribution < -0.4 is 0 Å². The molecular formula is C46H84Si8. The van der Waals surface area contributed by atoms with Crippen LogP contribution in [-0.4, -0.2) is 64.6 Å². The normalized spacial score (nSPS) is 16.1. The largest absolute Gasteiger partial charge is 0.0693 e. The highest BCUT2D eigenvalue weighted by molar-refractivity contribution is 7.00. The summed E-state index contributed by atoms with van der Waals surface area (Å²) in [4.78, 5) is 0. The number of rotatable bonds is 12. The molecular weight excluding hydrogens is 777 g/mol. The van der Waals surface area contributed by atoms with Crippen molar-refractivity contribution in [3.05, 3.63) is 82.4 Å². The molecule has 1 aliphatic rings. The Morgan fingerprint density at radius 1 is 0.333 bits per heavy atom. The molecule has 0 aliphatic heterocycles. The van der Waals surface area contributed by atoms with Crippen LogP contribution in [0.4, 0.5) is 0 Å². The number of benzene rings is 3. The molecule has 1 aliphatic carbocycles. The zero-order valence-corrected chi connectivity index (χ0v) is 47.9. The van der Waals surface area contributed by atoms with Gasteiger partial charge in [-0.15, -0.1) is 0 Å². The summed E-state index contributed by atoms with van der Waals surface area (Å²) >= 11 is 0. The average molecular weight is 862 g/mol. The summed E-state index contributed by atoms with van der Waals surface area (Å²) in [5.74, 6) is 0. The topological polar surface area (TPSA) is 0 Å². The molecule has 0 radical (unpaired) electrons. The average Bonchev–Trinajstić information content (AvgIpc) is 3.19. The molecule has 0 unspecified atom stereocenters. The van der Waals surface area contributed by atoms with Gasteiger partial charge in [0, 0.05) is 53.1 Å². The minimum atomic E-state index is -1.77. The molecule has 0 N–H and O–H groups in total. The highest BCUT2D eigenvalue weighted by atomic mass is 28.4. The smallest absolute Gasteiger partial charge is 0.0579 e. The first kappa shape index (κ1) is 46.1. The van der Waals surface area contributed by atoms with E-state index in [-0.39, 0.29) is 4.66 Å². The van der Waals surface area contributed by atoms with Gasteiger partial charge in [0.2, 0.25) is 0 Å². The lowest BCUT2D eigenvalue weighted by Crippen LogP contribution is -2.63. The molecule has 300 valence electrons. The van der Waals surface area contributed by atoms with Crippen molar-refractivity contribution >= 4 is 64.6 Å². The summed E-state index contributed by atoms with van der Waals surface area (Å²) in [5.41, 5.74) is 14.5. The predicted molar refractivity (Wildman–Crippen MR) is 273 cm³/mol. The molecule has 3 aromatic carbocycles. The molecule has 0 atom stereocenters. The van der Waals surface area contributed by atoms with Crippen LogP contribution in [0.25, 0.3) is 22.3 Å². The van der Waals surface area contributed by atoms with Crippen molar-refractivity contribution in [2.45, 2.75) is 177 Å². The van der Waals surface area contributed by atoms with Gasteiger partial charge in [-0.05, 0) is 71.6 Å². The van der Waals surface area contributed by atoms with E-state index < -0.39 is 64.6 Å². The van der Waals surface area contributed by atoms with Crippen molar-refractivity contribution in [3.63, 3.8) is 0 Å². The SMILES string of the molecule is C[Si](C)(C)C(c1ccc(C([Si](C)(C)C)[Si](C)(C)C)c(-c2ccc3c(c2)-c2cc(C([Si](C)(C)C)[Si](C)(C)C)ccc2C3([Si](C)(C)C)[Si](C)(C)C)c1)[Si](C)(C)C. The van der Waals surface area contributed by atoms with E-state index in [1.165, 1.54) is 5.56 Å². The standard InChI is InChI=1S/C46H84Si8/c1-47(2,3)43(48(4,5)6)35-25-28-37(45(51(13,14)15)52(16,17)18)38(32-35)34-26-29-41-39(31-34)40-33-36(44(49(7,8)9)50(10,11)12)27-30-42(40)46(41,53(19,20)21)54(22,23)24/h25-33,43-45H,1-24H3. The van der Waals surface area contributed by atoms with Crippen LogP contribution in [0.5, 0.6) is 0 Å². The van der Waals surface area contributed by atoms with Crippen LogP contribution in [0.2, 0.25) is 157 Å². The zero-order chi connectivity index (χ0) is 41.8. The van der Waals surface area contributed by atoms with Crippen molar-refractivity contribution in [1.29, 1.82) is 0 Å². The summed E-state index contributed by atoms with van der Waals surface area (Å²) in [6.07, 6.45) is 0. The Bertz CT molecular complexity index is 1790. The number of hydrogen-bond acceptors (Lipinski definition) is 0. The lowest BCUT2D eigenvalue weighted by Gasteiger charge is -2.51. The predicted octanol–water partition coefficient (Wildman–Crippen LogP) is 15.9. The Balaban J connectivity index is 2.22. The van der Waals surface area contributed by atoms with Gasteiger partial charge in [-0.1, -0.05) is 206 Å². The van der Waals surface area contributed by atoms with E-state index in [0.717, 1.165) is 10.3 Å². The highest BCUT2D eigenvalue weighted by Gasteiger charge is 2.59. The Morgan fingerprint density at radius 3 is 1.00 bits per heavy atom. The third-order valence-corrected chi connectivity index (χ3v) is 51.0. The van der Waals surface area contributed by atoms with Crippen molar-refractivity contribution in [2.24, 2.45) is 0 Å². The molecule has 0 amide bonds. The minimum absolute atomic E-state index is 0.167. The van der Waals surface area contributed by atoms with Crippen molar-refractivity contribution in [1.82, 2.24) is 0 Å². The summed E-state index contributed by atoms with van der Waals surface area (Å²) in [5, 5.41) is 2.14. The van der Waals surface area contributed by atoms with Gasteiger partial charge in [-0.25, -0.2) is 0 Å². The first-order chi connectivity index (χ1) is 23.9. The second-order valence-corrected chi connectivity index (χ2v) is 70.7. The van der Waals surface area contributed by atoms with Crippen LogP contribution in [0, 0.1) is 0 Å². The number of hydrogen-bond donors (Lipinski definition) is 0. The monoisotopic (exact) mass is 860 g/mol. The Morgan fingerprint density at radius 2 is 0.648 bits per heavy atom. The van der Waals surface area contributed by atoms with Crippen molar-refractivity contribution in [2.75, 3.05) is 0 Å². The Labute approximate surface area is 344 Å². The molecule has 54 heavy (non-hydrogen) atoms. The molecule has 0 nitrogen and oxygen atoms in total. The lowest BCUT2D eigenvalue weighted by molar-refractivity contribution is 0.950. The van der Waals surface area contributed by atoms with Gasteiger partial charge in [-0.2, -0.15) is 0 Å². The maximum atomic E-state index is 2.76. The van der Waals surface area contributed by atoms with Crippen LogP contribution in [0.1, 0.15) is 43.3 Å². The summed E-state index contributed by atoms with van der Waals surface area (Å²) in [6, 6.07) is 24.1. The lowest BCUT2D eigenvalue weighted by atomic mass is 9.94. The van der Waals surface area contributed by atoms with Crippen molar-refractivity contribution < 1.29 is 0 Å². The molecule has 0 saturated heterocycles. The Hall–Kier alpha value is -0.605. The minimum Gasteiger partial charge on any atom is -0.0693 e. The maximum Gasteiger partial charge on any atom is 0.0579 e. The van der Waals surface area contributed by atoms with Crippen LogP contribution >= 0.6 is 0 Å². The highest BCUT2D eigenvalue weighted by Crippen LogP contribution is 2.59. The fourth-order valence-corrected chi connectivity index (χ4v) is 64.9. The zero-order valence-electron chi connectivity index (χ0n) is 39.9. The van der Waals surface area contributed by atoms with Crippen LogP contribution in [-0.2, 0) is 4.66 Å². The second-order valence-electron chi connectivity index (χ2n) is 26.2. The van der Waals surface area contributed by atoms with Gasteiger partial charge in [0.15, 0.2) is 0 Å². The second kappa shape index (κ2) is 14.3. The van der Waals surface area contributed by atoms with Gasteiger partial charge in [0.05, 0.1) is 16.1 Å². The third kappa shape index (κ3) is 8.44. The van der Waals surface area contributed by atoms with Crippen molar-refractivity contribution in [3.8, 4) is 22.3 Å². The van der Waals surface area contributed by atoms with E-state index in [4.69, 9.17) is 0 Å². The summed E-state index contributed by atoms with van der Waals surface area (Å²) in [7, 11) is -12.6. The van der Waals surface area contributed by atoms with E-state index in [2.05, 4.69) is 212 Å². The fraction of sp³-hybridized carbons (Fsp3) is 0.609. The van der Waals surface area contributed by atoms with E-state index in [1.54, 1.807) is 44.5 Å². The van der Waals surface area contributed by atoms with Gasteiger partial charge in [0.25, 0.3) is 0 Å². The van der Waals surface area contributed by atoms with Gasteiger partial charge in [-0.3, -0.25) is 0 Å². The van der Waals surface area contributed by atoms with E-state index >= 15 is 0 Å². The molecule has 0 fully saturated rings. The third-order valence-electron chi connectivity index (χ3n) is 13.0. The molecule has 4 rings (SSSR count). The molecule has 8 heteroatoms. The summed E-state index contributed by atoms with van der Waals surface area (Å²) < 4.78 is 0.167. The van der Waals surface area contributed by atoms with E-state index in [0.29, 0.717) is 5.16 Å². The quantitative estimate of drug-likeness (QED) is 0.159. The fourth-order valence-electron chi connectivity index (χ4n) is 13.5. The van der Waals surface area contributed by atoms with Crippen LogP contribution in [0.3, 0.4) is 0 Å². The van der Waals surface area contributed by atoms with E-state index in [9.17, 15) is 0 Å². The maximum absolute atomic E-state index is 2.76. The molecule has 0 heterocycles. The molecule has 3 aromatic rings. The molecule has 0 bridgehead atoms. The van der Waals surface area contributed by atoms with Gasteiger partial charge >= 0.3 is 0 Å². The van der Waals surface area contributed by atoms with Crippen LogP contribution in [0.15, 0.2) is 54.6 Å². The first-order valence-corrected chi connectivity index (χ1v) is 49.8. The van der Waals surface area contributed by atoms with Gasteiger partial charge in [0.1, 0.15) is 0 Å². The Kier molecular flexibility index (Phi) is 12.2. The van der Waals surface area contributed by atoms with E-state index in [1.807, 2.05) is 0 Å². The first-order valence-electron chi connectivity index (χ1n) is 21.3. The van der Waals surface area contributed by atoms with Gasteiger partial charge < -0.3 is 0 Å². The molecule has 0 saturated carbocycles. The molecule has 0 spiro atoms. The molecule has 0 aromatic heterocycles. The summed E-state index contributed by atoms with van der Waals surface area (Å²) in [6.45, 7) is 63.4. The number of fused-ring (bicyclic) bond motifs is 3.